The molecule has 4 rings (SSSR count). The third-order valence-electron chi connectivity index (χ3n) is 5.82. The molecule has 1 N–H and O–H groups in total. The van der Waals surface area contributed by atoms with Crippen molar-refractivity contribution < 1.29 is 4.74 Å². The maximum absolute atomic E-state index is 6.17. The first kappa shape index (κ1) is 24.1. The van der Waals surface area contributed by atoms with Gasteiger partial charge in [-0.2, -0.15) is 0 Å². The Labute approximate surface area is 206 Å². The molecule has 1 atom stereocenters. The van der Waals surface area contributed by atoms with Gasteiger partial charge in [0.05, 0.1) is 6.10 Å². The average molecular weight is 560 g/mol. The molecule has 0 radical (unpaired) electrons. The number of benzene rings is 1. The number of piperazine rings is 1. The summed E-state index contributed by atoms with van der Waals surface area (Å²) in [7, 11) is 1.98. The smallest absolute Gasteiger partial charge is 0.194 e. The molecule has 2 aromatic rings. The van der Waals surface area contributed by atoms with E-state index in [0.29, 0.717) is 6.54 Å². The number of halogens is 2. The van der Waals surface area contributed by atoms with Crippen LogP contribution in [0.1, 0.15) is 24.5 Å². The molecule has 1 unspecified atom stereocenters. The van der Waals surface area contributed by atoms with Gasteiger partial charge in [0.2, 0.25) is 0 Å². The summed E-state index contributed by atoms with van der Waals surface area (Å²) in [5.41, 5.74) is 1.17. The Bertz CT molecular complexity index is 876. The lowest BCUT2D eigenvalue weighted by molar-refractivity contribution is 0.113. The van der Waals surface area contributed by atoms with Gasteiger partial charge in [-0.25, -0.2) is 4.99 Å². The van der Waals surface area contributed by atoms with E-state index < -0.39 is 0 Å². The van der Waals surface area contributed by atoms with Gasteiger partial charge in [-0.3, -0.25) is 0 Å². The molecule has 2 saturated heterocycles. The molecule has 3 heterocycles. The highest BCUT2D eigenvalue weighted by Gasteiger charge is 2.22. The van der Waals surface area contributed by atoms with Gasteiger partial charge in [-0.05, 0) is 38.0 Å². The number of nitrogens with zero attached hydrogens (tertiary/aromatic N) is 6. The number of hydrogen-bond acceptors (Lipinski definition) is 5. The van der Waals surface area contributed by atoms with Crippen LogP contribution in [-0.4, -0.2) is 71.1 Å². The molecule has 170 valence electrons. The fraction of sp³-hybridized carbons (Fsp3) is 0.571. The van der Waals surface area contributed by atoms with Crippen molar-refractivity contribution in [2.45, 2.75) is 32.4 Å². The Morgan fingerprint density at radius 3 is 2.71 bits per heavy atom. The van der Waals surface area contributed by atoms with E-state index in [1.54, 1.807) is 0 Å². The Kier molecular flexibility index (Phi) is 8.79. The van der Waals surface area contributed by atoms with E-state index in [2.05, 4.69) is 31.4 Å². The summed E-state index contributed by atoms with van der Waals surface area (Å²) in [5.74, 6) is 2.67. The van der Waals surface area contributed by atoms with E-state index in [1.807, 2.05) is 36.7 Å². The lowest BCUT2D eigenvalue weighted by Crippen LogP contribution is -2.53. The van der Waals surface area contributed by atoms with Crippen LogP contribution in [0.5, 0.6) is 0 Å². The number of aromatic nitrogens is 3. The van der Waals surface area contributed by atoms with Crippen LogP contribution >= 0.6 is 35.6 Å². The standard InChI is InChI=1S/C21H30ClN7O.HI/c1-16-25-26-20(27(16)2)15-24-21(23-14-19-7-4-12-30-19)29-10-8-28(9-11-29)18-6-3-5-17(22)13-18;/h3,5-6,13,19H,4,7-12,14-15H2,1-2H3,(H,23,24);1H. The molecule has 31 heavy (non-hydrogen) atoms. The average Bonchev–Trinajstić information content (AvgIpc) is 3.39. The van der Waals surface area contributed by atoms with E-state index >= 15 is 0 Å². The molecule has 0 aliphatic carbocycles. The zero-order chi connectivity index (χ0) is 20.9. The van der Waals surface area contributed by atoms with Crippen LogP contribution in [0.2, 0.25) is 5.02 Å². The fourth-order valence-electron chi connectivity index (χ4n) is 3.86. The van der Waals surface area contributed by atoms with Crippen molar-refractivity contribution in [2.75, 3.05) is 44.2 Å². The summed E-state index contributed by atoms with van der Waals surface area (Å²) in [5, 5.41) is 12.7. The van der Waals surface area contributed by atoms with Crippen molar-refractivity contribution >= 4 is 47.2 Å². The van der Waals surface area contributed by atoms with E-state index in [1.165, 1.54) is 5.69 Å². The highest BCUT2D eigenvalue weighted by Crippen LogP contribution is 2.21. The predicted molar refractivity (Wildman–Crippen MR) is 135 cm³/mol. The molecular weight excluding hydrogens is 529 g/mol. The monoisotopic (exact) mass is 559 g/mol. The largest absolute Gasteiger partial charge is 0.376 e. The van der Waals surface area contributed by atoms with Crippen molar-refractivity contribution in [1.82, 2.24) is 25.0 Å². The molecular formula is C21H31ClIN7O. The molecule has 10 heteroatoms. The van der Waals surface area contributed by atoms with Gasteiger partial charge in [0.15, 0.2) is 11.8 Å². The lowest BCUT2D eigenvalue weighted by atomic mass is 10.2. The molecule has 0 spiro atoms. The van der Waals surface area contributed by atoms with Crippen LogP contribution in [-0.2, 0) is 18.3 Å². The molecule has 8 nitrogen and oxygen atoms in total. The molecule has 2 aliphatic heterocycles. The summed E-state index contributed by atoms with van der Waals surface area (Å²) in [6, 6.07) is 8.05. The van der Waals surface area contributed by atoms with Gasteiger partial charge < -0.3 is 24.4 Å². The predicted octanol–water partition coefficient (Wildman–Crippen LogP) is 2.84. The van der Waals surface area contributed by atoms with Crippen molar-refractivity contribution in [2.24, 2.45) is 12.0 Å². The number of aliphatic imine (C=N–C) groups is 1. The summed E-state index contributed by atoms with van der Waals surface area (Å²) >= 11 is 6.17. The normalized spacial score (nSPS) is 19.5. The minimum absolute atomic E-state index is 0. The molecule has 1 aromatic heterocycles. The van der Waals surface area contributed by atoms with Crippen LogP contribution in [0.25, 0.3) is 0 Å². The van der Waals surface area contributed by atoms with Gasteiger partial charge in [0.25, 0.3) is 0 Å². The van der Waals surface area contributed by atoms with Crippen LogP contribution in [0, 0.1) is 6.92 Å². The fourth-order valence-corrected chi connectivity index (χ4v) is 4.05. The number of anilines is 1. The number of guanidine groups is 1. The molecule has 2 fully saturated rings. The topological polar surface area (TPSA) is 70.8 Å². The third-order valence-corrected chi connectivity index (χ3v) is 6.05. The second-order valence-electron chi connectivity index (χ2n) is 7.83. The van der Waals surface area contributed by atoms with Crippen LogP contribution in [0.15, 0.2) is 29.3 Å². The molecule has 0 amide bonds. The van der Waals surface area contributed by atoms with Crippen molar-refractivity contribution in [3.8, 4) is 0 Å². The Hall–Kier alpha value is -1.59. The van der Waals surface area contributed by atoms with Crippen molar-refractivity contribution in [3.05, 3.63) is 40.9 Å². The molecule has 2 aliphatic rings. The quantitative estimate of drug-likeness (QED) is 0.345. The molecule has 0 saturated carbocycles. The first-order valence-corrected chi connectivity index (χ1v) is 11.0. The van der Waals surface area contributed by atoms with E-state index in [4.69, 9.17) is 21.3 Å². The summed E-state index contributed by atoms with van der Waals surface area (Å²) in [4.78, 5) is 9.56. The van der Waals surface area contributed by atoms with Crippen LogP contribution in [0.4, 0.5) is 5.69 Å². The first-order chi connectivity index (χ1) is 14.6. The number of ether oxygens (including phenoxy) is 1. The number of rotatable bonds is 5. The lowest BCUT2D eigenvalue weighted by Gasteiger charge is -2.38. The second-order valence-corrected chi connectivity index (χ2v) is 8.27. The third kappa shape index (κ3) is 6.23. The number of aryl methyl sites for hydroxylation is 1. The zero-order valence-electron chi connectivity index (χ0n) is 18.1. The first-order valence-electron chi connectivity index (χ1n) is 10.6. The van der Waals surface area contributed by atoms with Gasteiger partial charge in [0.1, 0.15) is 12.4 Å². The Balaban J connectivity index is 0.00000272. The molecule has 1 aromatic carbocycles. The SMILES string of the molecule is Cc1nnc(CN=C(NCC2CCCO2)N2CCN(c3cccc(Cl)c3)CC2)n1C.I. The number of nitrogens with one attached hydrogen (secondary N) is 1. The van der Waals surface area contributed by atoms with E-state index in [0.717, 1.165) is 74.8 Å². The maximum Gasteiger partial charge on any atom is 0.194 e. The van der Waals surface area contributed by atoms with Gasteiger partial charge >= 0.3 is 0 Å². The second kappa shape index (κ2) is 11.3. The zero-order valence-corrected chi connectivity index (χ0v) is 21.2. The van der Waals surface area contributed by atoms with Crippen molar-refractivity contribution in [1.29, 1.82) is 0 Å². The highest BCUT2D eigenvalue weighted by atomic mass is 127. The van der Waals surface area contributed by atoms with Crippen LogP contribution < -0.4 is 10.2 Å². The minimum Gasteiger partial charge on any atom is -0.376 e. The van der Waals surface area contributed by atoms with Gasteiger partial charge in [0, 0.05) is 57.1 Å². The summed E-state index contributed by atoms with van der Waals surface area (Å²) in [6.07, 6.45) is 2.50. The minimum atomic E-state index is 0. The van der Waals surface area contributed by atoms with Gasteiger partial charge in [-0.15, -0.1) is 34.2 Å². The van der Waals surface area contributed by atoms with Crippen LogP contribution in [0.3, 0.4) is 0 Å². The maximum atomic E-state index is 6.17. The Morgan fingerprint density at radius 2 is 2.06 bits per heavy atom. The Morgan fingerprint density at radius 1 is 1.26 bits per heavy atom. The van der Waals surface area contributed by atoms with Crippen molar-refractivity contribution in [3.63, 3.8) is 0 Å². The molecule has 0 bridgehead atoms. The summed E-state index contributed by atoms with van der Waals surface area (Å²) < 4.78 is 7.76. The highest BCUT2D eigenvalue weighted by molar-refractivity contribution is 14.0. The van der Waals surface area contributed by atoms with E-state index in [-0.39, 0.29) is 30.1 Å². The number of hydrogen-bond donors (Lipinski definition) is 1. The van der Waals surface area contributed by atoms with Gasteiger partial charge in [-0.1, -0.05) is 17.7 Å². The van der Waals surface area contributed by atoms with E-state index in [9.17, 15) is 0 Å². The summed E-state index contributed by atoms with van der Waals surface area (Å²) in [6.45, 7) is 7.71.